The number of anilines is 3. The molecule has 0 N–H and O–H groups in total. The van der Waals surface area contributed by atoms with E-state index < -0.39 is 0 Å². The van der Waals surface area contributed by atoms with Crippen LogP contribution >= 0.6 is 11.6 Å². The molecule has 3 aliphatic heterocycles. The van der Waals surface area contributed by atoms with Gasteiger partial charge in [-0.2, -0.15) is 0 Å². The lowest BCUT2D eigenvalue weighted by Gasteiger charge is -2.44. The van der Waals surface area contributed by atoms with E-state index in [1.807, 2.05) is 54.4 Å². The van der Waals surface area contributed by atoms with Crippen molar-refractivity contribution >= 4 is 40.5 Å². The maximum Gasteiger partial charge on any atom is 0.254 e. The number of halogens is 1. The number of nitrogens with zero attached hydrogens (tertiary/aromatic N) is 4. The van der Waals surface area contributed by atoms with Crippen LogP contribution in [0.25, 0.3) is 0 Å². The van der Waals surface area contributed by atoms with Crippen molar-refractivity contribution < 1.29 is 9.59 Å². The molecule has 0 radical (unpaired) electrons. The van der Waals surface area contributed by atoms with E-state index in [4.69, 9.17) is 11.6 Å². The molecule has 7 heteroatoms. The van der Waals surface area contributed by atoms with E-state index in [2.05, 4.69) is 9.80 Å². The van der Waals surface area contributed by atoms with Crippen LogP contribution in [0.5, 0.6) is 0 Å². The van der Waals surface area contributed by atoms with Gasteiger partial charge in [0.2, 0.25) is 5.91 Å². The van der Waals surface area contributed by atoms with E-state index in [9.17, 15) is 9.59 Å². The maximum absolute atomic E-state index is 13.2. The predicted molar refractivity (Wildman–Crippen MR) is 124 cm³/mol. The summed E-state index contributed by atoms with van der Waals surface area (Å²) >= 11 is 6.12. The zero-order chi connectivity index (χ0) is 21.5. The molecule has 162 valence electrons. The van der Waals surface area contributed by atoms with Crippen LogP contribution in [0.1, 0.15) is 29.6 Å². The van der Waals surface area contributed by atoms with Crippen molar-refractivity contribution in [3.05, 3.63) is 53.1 Å². The smallest absolute Gasteiger partial charge is 0.254 e. The zero-order valence-electron chi connectivity index (χ0n) is 17.8. The summed E-state index contributed by atoms with van der Waals surface area (Å²) in [4.78, 5) is 34.2. The molecule has 0 bridgehead atoms. The number of hydrogen-bond donors (Lipinski definition) is 0. The van der Waals surface area contributed by atoms with Crippen LogP contribution in [0.4, 0.5) is 17.1 Å². The Bertz CT molecular complexity index is 1020. The second-order valence-electron chi connectivity index (χ2n) is 8.56. The number of likely N-dealkylation sites (N-methyl/N-ethyl adjacent to an activating group) is 1. The number of benzene rings is 2. The first kappa shape index (κ1) is 20.2. The van der Waals surface area contributed by atoms with Gasteiger partial charge in [-0.15, -0.1) is 0 Å². The fourth-order valence-corrected chi connectivity index (χ4v) is 5.19. The van der Waals surface area contributed by atoms with Gasteiger partial charge in [-0.1, -0.05) is 17.7 Å². The van der Waals surface area contributed by atoms with Gasteiger partial charge in [0.1, 0.15) is 6.04 Å². The highest BCUT2D eigenvalue weighted by molar-refractivity contribution is 6.30. The lowest BCUT2D eigenvalue weighted by molar-refractivity contribution is -0.120. The third-order valence-corrected chi connectivity index (χ3v) is 6.99. The van der Waals surface area contributed by atoms with Crippen LogP contribution in [0.3, 0.4) is 0 Å². The second-order valence-corrected chi connectivity index (χ2v) is 9.00. The largest absolute Gasteiger partial charge is 0.368 e. The number of carbonyl (C=O) groups excluding carboxylic acids is 2. The predicted octanol–water partition coefficient (Wildman–Crippen LogP) is 3.64. The SMILES string of the molecule is CN1C(=O)[C@H]2CCCCN2c2ccc(C(=O)N3CCN(c4cccc(Cl)c4)CC3)cc21. The number of fused-ring (bicyclic) bond motifs is 3. The molecule has 1 atom stereocenters. The molecule has 2 aromatic carbocycles. The minimum atomic E-state index is -0.0626. The average molecular weight is 439 g/mol. The molecule has 2 saturated heterocycles. The van der Waals surface area contributed by atoms with E-state index in [0.29, 0.717) is 18.7 Å². The summed E-state index contributed by atoms with van der Waals surface area (Å²) in [5, 5.41) is 0.722. The number of carbonyl (C=O) groups is 2. The topological polar surface area (TPSA) is 47.1 Å². The monoisotopic (exact) mass is 438 g/mol. The van der Waals surface area contributed by atoms with Crippen LogP contribution in [-0.2, 0) is 4.79 Å². The van der Waals surface area contributed by atoms with E-state index in [0.717, 1.165) is 61.0 Å². The van der Waals surface area contributed by atoms with Crippen LogP contribution in [0, 0.1) is 0 Å². The van der Waals surface area contributed by atoms with Gasteiger partial charge in [-0.25, -0.2) is 0 Å². The van der Waals surface area contributed by atoms with Gasteiger partial charge >= 0.3 is 0 Å². The number of amides is 2. The molecular weight excluding hydrogens is 412 g/mol. The molecule has 31 heavy (non-hydrogen) atoms. The molecule has 0 aliphatic carbocycles. The van der Waals surface area contributed by atoms with E-state index in [-0.39, 0.29) is 17.9 Å². The normalized spacial score (nSPS) is 21.1. The standard InChI is InChI=1S/C24H27ClN4O2/c1-26-22-15-17(8-9-20(22)29-10-3-2-7-21(29)24(26)31)23(30)28-13-11-27(12-14-28)19-6-4-5-18(25)16-19/h4-6,8-9,15-16,21H,2-3,7,10-14H2,1H3/t21-/m1/s1. The summed E-state index contributed by atoms with van der Waals surface area (Å²) in [5.74, 6) is 0.155. The van der Waals surface area contributed by atoms with Crippen molar-refractivity contribution in [1.82, 2.24) is 4.90 Å². The molecule has 0 spiro atoms. The van der Waals surface area contributed by atoms with E-state index in [1.165, 1.54) is 0 Å². The highest BCUT2D eigenvalue weighted by Gasteiger charge is 2.38. The van der Waals surface area contributed by atoms with Crippen LogP contribution in [0.2, 0.25) is 5.02 Å². The minimum absolute atomic E-state index is 0.0233. The first-order valence-corrected chi connectivity index (χ1v) is 11.4. The average Bonchev–Trinajstić information content (AvgIpc) is 2.82. The fraction of sp³-hybridized carbons (Fsp3) is 0.417. The van der Waals surface area contributed by atoms with Gasteiger partial charge in [0.05, 0.1) is 11.4 Å². The lowest BCUT2D eigenvalue weighted by atomic mass is 9.95. The van der Waals surface area contributed by atoms with Crippen molar-refractivity contribution in [3.8, 4) is 0 Å². The summed E-state index contributed by atoms with van der Waals surface area (Å²) in [6, 6.07) is 13.6. The van der Waals surface area contributed by atoms with Crippen molar-refractivity contribution in [2.75, 3.05) is 54.5 Å². The molecule has 0 aromatic heterocycles. The highest BCUT2D eigenvalue weighted by Crippen LogP contribution is 2.39. The van der Waals surface area contributed by atoms with Crippen LogP contribution < -0.4 is 14.7 Å². The summed E-state index contributed by atoms with van der Waals surface area (Å²) < 4.78 is 0. The Morgan fingerprint density at radius 3 is 2.55 bits per heavy atom. The Kier molecular flexibility index (Phi) is 5.26. The van der Waals surface area contributed by atoms with Crippen molar-refractivity contribution in [1.29, 1.82) is 0 Å². The van der Waals surface area contributed by atoms with E-state index in [1.54, 1.807) is 4.90 Å². The van der Waals surface area contributed by atoms with Crippen molar-refractivity contribution in [2.24, 2.45) is 0 Å². The minimum Gasteiger partial charge on any atom is -0.368 e. The molecule has 2 aromatic rings. The quantitative estimate of drug-likeness (QED) is 0.718. The molecule has 0 unspecified atom stereocenters. The first-order chi connectivity index (χ1) is 15.0. The fourth-order valence-electron chi connectivity index (χ4n) is 5.01. The third-order valence-electron chi connectivity index (χ3n) is 6.75. The molecule has 3 aliphatic rings. The number of rotatable bonds is 2. The van der Waals surface area contributed by atoms with Gasteiger partial charge in [0, 0.05) is 56.0 Å². The molecule has 2 amide bonds. The van der Waals surface area contributed by atoms with Gasteiger partial charge < -0.3 is 19.6 Å². The Hall–Kier alpha value is -2.73. The van der Waals surface area contributed by atoms with Gasteiger partial charge in [0.25, 0.3) is 5.91 Å². The highest BCUT2D eigenvalue weighted by atomic mass is 35.5. The molecule has 0 saturated carbocycles. The van der Waals surface area contributed by atoms with Crippen molar-refractivity contribution in [3.63, 3.8) is 0 Å². The van der Waals surface area contributed by atoms with Gasteiger partial charge in [-0.05, 0) is 55.7 Å². The summed E-state index contributed by atoms with van der Waals surface area (Å²) in [6.07, 6.45) is 3.10. The first-order valence-electron chi connectivity index (χ1n) is 11.0. The second kappa shape index (κ2) is 8.08. The summed E-state index contributed by atoms with van der Waals surface area (Å²) in [6.45, 7) is 3.75. The summed E-state index contributed by atoms with van der Waals surface area (Å²) in [5.41, 5.74) is 3.63. The van der Waals surface area contributed by atoms with Gasteiger partial charge in [0.15, 0.2) is 0 Å². The van der Waals surface area contributed by atoms with Crippen LogP contribution in [0.15, 0.2) is 42.5 Å². The molecule has 2 fully saturated rings. The van der Waals surface area contributed by atoms with Crippen molar-refractivity contribution in [2.45, 2.75) is 25.3 Å². The molecule has 5 rings (SSSR count). The third kappa shape index (κ3) is 3.63. The zero-order valence-corrected chi connectivity index (χ0v) is 18.5. The number of piperidine rings is 1. The number of hydrogen-bond acceptors (Lipinski definition) is 4. The Balaban J connectivity index is 1.32. The summed E-state index contributed by atoms with van der Waals surface area (Å²) in [7, 11) is 1.82. The number of piperazine rings is 1. The Morgan fingerprint density at radius 1 is 0.968 bits per heavy atom. The molecular formula is C24H27ClN4O2. The Morgan fingerprint density at radius 2 is 1.77 bits per heavy atom. The van der Waals surface area contributed by atoms with Crippen LogP contribution in [-0.4, -0.2) is 62.5 Å². The molecule has 3 heterocycles. The Labute approximate surface area is 188 Å². The lowest BCUT2D eigenvalue weighted by Crippen LogP contribution is -2.54. The maximum atomic E-state index is 13.2. The van der Waals surface area contributed by atoms with E-state index >= 15 is 0 Å². The molecule has 6 nitrogen and oxygen atoms in total. The van der Waals surface area contributed by atoms with Gasteiger partial charge in [-0.3, -0.25) is 9.59 Å².